The van der Waals surface area contributed by atoms with E-state index in [9.17, 15) is 19.1 Å². The summed E-state index contributed by atoms with van der Waals surface area (Å²) in [6, 6.07) is 13.9. The number of fused-ring (bicyclic) bond motifs is 1. The topological polar surface area (TPSA) is 82.6 Å². The third kappa shape index (κ3) is 3.76. The minimum Gasteiger partial charge on any atom is -0.503 e. The Labute approximate surface area is 198 Å². The number of aromatic nitrogens is 1. The Hall–Kier alpha value is -3.91. The van der Waals surface area contributed by atoms with Crippen LogP contribution in [0, 0.1) is 5.82 Å². The van der Waals surface area contributed by atoms with Crippen molar-refractivity contribution in [2.75, 3.05) is 13.7 Å². The van der Waals surface area contributed by atoms with Crippen LogP contribution < -0.4 is 4.74 Å². The summed E-state index contributed by atoms with van der Waals surface area (Å²) in [6.07, 6.45) is 2.32. The molecule has 6 nitrogen and oxygen atoms in total. The van der Waals surface area contributed by atoms with E-state index in [0.717, 1.165) is 16.5 Å². The summed E-state index contributed by atoms with van der Waals surface area (Å²) in [5.41, 5.74) is 2.29. The molecule has 8 heteroatoms. The summed E-state index contributed by atoms with van der Waals surface area (Å²) in [6.45, 7) is 0.218. The molecule has 172 valence electrons. The van der Waals surface area contributed by atoms with Crippen LogP contribution in [0.5, 0.6) is 5.75 Å². The average Bonchev–Trinajstić information content (AvgIpc) is 3.57. The van der Waals surface area contributed by atoms with Gasteiger partial charge in [-0.05, 0) is 59.3 Å². The fourth-order valence-electron chi connectivity index (χ4n) is 4.41. The first-order valence-corrected chi connectivity index (χ1v) is 11.6. The van der Waals surface area contributed by atoms with Crippen LogP contribution in [0.25, 0.3) is 10.9 Å². The minimum absolute atomic E-state index is 0.0290. The van der Waals surface area contributed by atoms with Gasteiger partial charge in [-0.1, -0.05) is 18.2 Å². The maximum absolute atomic E-state index is 14.1. The van der Waals surface area contributed by atoms with Crippen LogP contribution in [0.3, 0.4) is 0 Å². The first-order valence-electron chi connectivity index (χ1n) is 10.7. The zero-order valence-electron chi connectivity index (χ0n) is 18.2. The van der Waals surface area contributed by atoms with Gasteiger partial charge < -0.3 is 19.7 Å². The molecule has 0 radical (unpaired) electrons. The van der Waals surface area contributed by atoms with E-state index in [1.54, 1.807) is 30.7 Å². The van der Waals surface area contributed by atoms with Crippen LogP contribution in [0.2, 0.25) is 0 Å². The van der Waals surface area contributed by atoms with Crippen LogP contribution in [0.4, 0.5) is 4.39 Å². The van der Waals surface area contributed by atoms with Gasteiger partial charge in [-0.3, -0.25) is 9.59 Å². The molecule has 2 aromatic heterocycles. The highest BCUT2D eigenvalue weighted by molar-refractivity contribution is 7.12. The number of rotatable bonds is 7. The maximum Gasteiger partial charge on any atom is 0.290 e. The molecule has 1 aliphatic heterocycles. The SMILES string of the molecule is COc1ccc2[nH]cc(CCN3C(=O)C(O)=C(C(=O)c4cccs4)[C@H]3c3cccc(F)c3)c2c1. The minimum atomic E-state index is -0.891. The van der Waals surface area contributed by atoms with Gasteiger partial charge in [0.1, 0.15) is 11.6 Å². The van der Waals surface area contributed by atoms with Gasteiger partial charge in [-0.2, -0.15) is 0 Å². The second-order valence-corrected chi connectivity index (χ2v) is 8.95. The molecule has 3 heterocycles. The number of carbonyl (C=O) groups excluding carboxylic acids is 2. The lowest BCUT2D eigenvalue weighted by Gasteiger charge is -2.26. The van der Waals surface area contributed by atoms with Gasteiger partial charge in [0, 0.05) is 23.6 Å². The Bertz CT molecular complexity index is 1420. The molecule has 0 spiro atoms. The van der Waals surface area contributed by atoms with Crippen molar-refractivity contribution in [3.05, 3.63) is 99.3 Å². The molecule has 1 atom stereocenters. The first kappa shape index (κ1) is 21.9. The van der Waals surface area contributed by atoms with Crippen molar-refractivity contribution in [1.82, 2.24) is 9.88 Å². The summed E-state index contributed by atoms with van der Waals surface area (Å²) in [5.74, 6) is -1.44. The highest BCUT2D eigenvalue weighted by atomic mass is 32.1. The highest BCUT2D eigenvalue weighted by Gasteiger charge is 2.43. The molecule has 4 aromatic rings. The molecular weight excluding hydrogens is 455 g/mol. The van der Waals surface area contributed by atoms with Crippen molar-refractivity contribution in [3.8, 4) is 5.75 Å². The Balaban J connectivity index is 1.51. The molecule has 34 heavy (non-hydrogen) atoms. The number of benzene rings is 2. The predicted molar refractivity (Wildman–Crippen MR) is 128 cm³/mol. The van der Waals surface area contributed by atoms with Gasteiger partial charge in [0.05, 0.1) is 23.6 Å². The van der Waals surface area contributed by atoms with Gasteiger partial charge >= 0.3 is 0 Å². The van der Waals surface area contributed by atoms with Crippen LogP contribution in [-0.4, -0.2) is 40.3 Å². The third-order valence-corrected chi connectivity index (χ3v) is 6.92. The summed E-state index contributed by atoms with van der Waals surface area (Å²) in [4.78, 5) is 31.4. The van der Waals surface area contributed by atoms with Crippen LogP contribution >= 0.6 is 11.3 Å². The molecule has 0 saturated carbocycles. The van der Waals surface area contributed by atoms with E-state index < -0.39 is 29.3 Å². The molecule has 2 aromatic carbocycles. The lowest BCUT2D eigenvalue weighted by Crippen LogP contribution is -2.33. The largest absolute Gasteiger partial charge is 0.503 e. The average molecular weight is 477 g/mol. The lowest BCUT2D eigenvalue weighted by molar-refractivity contribution is -0.129. The monoisotopic (exact) mass is 476 g/mol. The Morgan fingerprint density at radius 1 is 1.21 bits per heavy atom. The number of methoxy groups -OCH3 is 1. The lowest BCUT2D eigenvalue weighted by atomic mass is 9.95. The highest BCUT2D eigenvalue weighted by Crippen LogP contribution is 2.40. The van der Waals surface area contributed by atoms with E-state index in [0.29, 0.717) is 22.6 Å². The first-order chi connectivity index (χ1) is 16.5. The fourth-order valence-corrected chi connectivity index (χ4v) is 5.09. The number of H-pyrrole nitrogens is 1. The van der Waals surface area contributed by atoms with Gasteiger partial charge in [0.25, 0.3) is 5.91 Å². The number of Topliss-reactive ketones (excluding diaryl/α,β-unsaturated/α-hetero) is 1. The zero-order valence-corrected chi connectivity index (χ0v) is 19.1. The molecule has 1 aliphatic rings. The van der Waals surface area contributed by atoms with Crippen LogP contribution in [-0.2, 0) is 11.2 Å². The molecule has 5 rings (SSSR count). The van der Waals surface area contributed by atoms with Crippen molar-refractivity contribution in [2.45, 2.75) is 12.5 Å². The second kappa shape index (κ2) is 8.79. The molecule has 0 aliphatic carbocycles. The van der Waals surface area contributed by atoms with E-state index in [1.807, 2.05) is 24.4 Å². The quantitative estimate of drug-likeness (QED) is 0.359. The number of aliphatic hydroxyl groups is 1. The normalized spacial score (nSPS) is 16.0. The van der Waals surface area contributed by atoms with Crippen LogP contribution in [0.1, 0.15) is 26.8 Å². The summed E-state index contributed by atoms with van der Waals surface area (Å²) < 4.78 is 19.4. The van der Waals surface area contributed by atoms with E-state index in [-0.39, 0.29) is 12.1 Å². The summed E-state index contributed by atoms with van der Waals surface area (Å²) in [7, 11) is 1.60. The van der Waals surface area contributed by atoms with Crippen molar-refractivity contribution in [1.29, 1.82) is 0 Å². The second-order valence-electron chi connectivity index (χ2n) is 8.00. The van der Waals surface area contributed by atoms with Crippen molar-refractivity contribution in [2.24, 2.45) is 0 Å². The molecule has 0 bridgehead atoms. The molecule has 0 unspecified atom stereocenters. The van der Waals surface area contributed by atoms with Crippen LogP contribution in [0.15, 0.2) is 77.5 Å². The number of aromatic amines is 1. The fraction of sp³-hybridized carbons (Fsp3) is 0.154. The zero-order chi connectivity index (χ0) is 23.8. The standard InChI is InChI=1S/C26H21FN2O4S/c1-33-18-7-8-20-19(13-18)16(14-28-20)9-10-29-23(15-4-2-5-17(27)12-15)22(25(31)26(29)32)24(30)21-6-3-11-34-21/h2-8,11-14,23,28,31H,9-10H2,1H3/t23-/m1/s1. The van der Waals surface area contributed by atoms with E-state index in [1.165, 1.54) is 34.4 Å². The van der Waals surface area contributed by atoms with E-state index in [2.05, 4.69) is 4.98 Å². The number of nitrogens with one attached hydrogen (secondary N) is 1. The number of ketones is 1. The van der Waals surface area contributed by atoms with Gasteiger partial charge in [0.2, 0.25) is 5.78 Å². The van der Waals surface area contributed by atoms with Gasteiger partial charge in [0.15, 0.2) is 5.76 Å². The number of amides is 1. The molecule has 0 fully saturated rings. The van der Waals surface area contributed by atoms with E-state index in [4.69, 9.17) is 4.74 Å². The molecule has 2 N–H and O–H groups in total. The van der Waals surface area contributed by atoms with Gasteiger partial charge in [-0.25, -0.2) is 4.39 Å². The summed E-state index contributed by atoms with van der Waals surface area (Å²) in [5, 5.41) is 13.5. The maximum atomic E-state index is 14.1. The molecule has 0 saturated heterocycles. The van der Waals surface area contributed by atoms with E-state index >= 15 is 0 Å². The number of thiophene rings is 1. The van der Waals surface area contributed by atoms with Crippen molar-refractivity contribution in [3.63, 3.8) is 0 Å². The number of hydrogen-bond acceptors (Lipinski definition) is 5. The predicted octanol–water partition coefficient (Wildman–Crippen LogP) is 5.20. The Kier molecular flexibility index (Phi) is 5.67. The van der Waals surface area contributed by atoms with Gasteiger partial charge in [-0.15, -0.1) is 11.3 Å². The number of ether oxygens (including phenoxy) is 1. The van der Waals surface area contributed by atoms with Crippen molar-refractivity contribution < 1.29 is 23.8 Å². The summed E-state index contributed by atoms with van der Waals surface area (Å²) >= 11 is 1.22. The number of hydrogen-bond donors (Lipinski definition) is 2. The Morgan fingerprint density at radius 3 is 2.79 bits per heavy atom. The molecular formula is C26H21FN2O4S. The number of carbonyl (C=O) groups is 2. The number of halogens is 1. The Morgan fingerprint density at radius 2 is 2.06 bits per heavy atom. The smallest absolute Gasteiger partial charge is 0.290 e. The molecule has 1 amide bonds. The number of aliphatic hydroxyl groups excluding tert-OH is 1. The third-order valence-electron chi connectivity index (χ3n) is 6.05. The van der Waals surface area contributed by atoms with Crippen molar-refractivity contribution >= 4 is 33.9 Å². The number of nitrogens with zero attached hydrogens (tertiary/aromatic N) is 1.